The van der Waals surface area contributed by atoms with E-state index in [0.717, 1.165) is 5.69 Å². The average molecular weight is 242 g/mol. The second kappa shape index (κ2) is 5.31. The molecule has 2 rings (SSSR count). The molecule has 1 aromatic heterocycles. The molecule has 4 nitrogen and oxygen atoms in total. The predicted octanol–water partition coefficient (Wildman–Crippen LogP) is 2.32. The van der Waals surface area contributed by atoms with Gasteiger partial charge in [0.2, 0.25) is 0 Å². The number of nitrogens with zero attached hydrogens (tertiary/aromatic N) is 2. The van der Waals surface area contributed by atoms with Crippen LogP contribution in [0.2, 0.25) is 0 Å². The van der Waals surface area contributed by atoms with E-state index in [1.54, 1.807) is 42.3 Å². The maximum atomic E-state index is 11.9. The molecule has 0 radical (unpaired) electrons. The van der Waals surface area contributed by atoms with Gasteiger partial charge in [-0.05, 0) is 30.4 Å². The second-order valence-electron chi connectivity index (χ2n) is 3.81. The van der Waals surface area contributed by atoms with Crippen LogP contribution in [0.5, 0.6) is 5.75 Å². The third-order valence-electron chi connectivity index (χ3n) is 2.62. The van der Waals surface area contributed by atoms with E-state index in [1.807, 2.05) is 19.2 Å². The molecule has 0 aliphatic rings. The number of methoxy groups -OCH3 is 1. The van der Waals surface area contributed by atoms with Gasteiger partial charge in [-0.15, -0.1) is 0 Å². The summed E-state index contributed by atoms with van der Waals surface area (Å²) in [6.07, 6.45) is 4.97. The van der Waals surface area contributed by atoms with Gasteiger partial charge in [0.1, 0.15) is 5.75 Å². The van der Waals surface area contributed by atoms with Crippen LogP contribution in [0.3, 0.4) is 0 Å². The van der Waals surface area contributed by atoms with E-state index in [4.69, 9.17) is 4.74 Å². The topological polar surface area (TPSA) is 44.1 Å². The third kappa shape index (κ3) is 2.66. The summed E-state index contributed by atoms with van der Waals surface area (Å²) in [5.41, 5.74) is 1.49. The van der Waals surface area contributed by atoms with Crippen molar-refractivity contribution in [3.63, 3.8) is 0 Å². The maximum absolute atomic E-state index is 11.9. The Labute approximate surface area is 106 Å². The Morgan fingerprint density at radius 3 is 2.89 bits per heavy atom. The highest BCUT2D eigenvalue weighted by Gasteiger charge is 2.03. The van der Waals surface area contributed by atoms with E-state index in [-0.39, 0.29) is 5.78 Å². The van der Waals surface area contributed by atoms with Crippen molar-refractivity contribution in [3.05, 3.63) is 53.9 Å². The molecule has 0 atom stereocenters. The van der Waals surface area contributed by atoms with Gasteiger partial charge in [0, 0.05) is 18.8 Å². The van der Waals surface area contributed by atoms with Crippen molar-refractivity contribution in [1.29, 1.82) is 0 Å². The molecule has 0 aliphatic carbocycles. The lowest BCUT2D eigenvalue weighted by atomic mass is 10.1. The van der Waals surface area contributed by atoms with Crippen molar-refractivity contribution in [1.82, 2.24) is 9.78 Å². The molecule has 0 N–H and O–H groups in total. The van der Waals surface area contributed by atoms with Gasteiger partial charge in [-0.2, -0.15) is 5.10 Å². The normalized spacial score (nSPS) is 10.8. The monoisotopic (exact) mass is 242 g/mol. The SMILES string of the molecule is COc1cccc(C(=O)/C=C/c2ccnn2C)c1. The molecular formula is C14H14N2O2. The van der Waals surface area contributed by atoms with Crippen molar-refractivity contribution in [2.75, 3.05) is 7.11 Å². The van der Waals surface area contributed by atoms with Crippen LogP contribution in [0.25, 0.3) is 6.08 Å². The molecule has 0 saturated heterocycles. The van der Waals surface area contributed by atoms with Gasteiger partial charge in [0.15, 0.2) is 5.78 Å². The molecule has 18 heavy (non-hydrogen) atoms. The fraction of sp³-hybridized carbons (Fsp3) is 0.143. The van der Waals surface area contributed by atoms with Gasteiger partial charge in [-0.1, -0.05) is 12.1 Å². The molecule has 0 amide bonds. The van der Waals surface area contributed by atoms with Crippen molar-refractivity contribution < 1.29 is 9.53 Å². The highest BCUT2D eigenvalue weighted by atomic mass is 16.5. The number of allylic oxidation sites excluding steroid dienone is 1. The number of aryl methyl sites for hydroxylation is 1. The zero-order valence-corrected chi connectivity index (χ0v) is 10.3. The maximum Gasteiger partial charge on any atom is 0.186 e. The van der Waals surface area contributed by atoms with Crippen LogP contribution >= 0.6 is 0 Å². The Bertz CT molecular complexity index is 585. The lowest BCUT2D eigenvalue weighted by Crippen LogP contribution is -1.96. The fourth-order valence-electron chi connectivity index (χ4n) is 1.58. The van der Waals surface area contributed by atoms with Crippen LogP contribution in [0.4, 0.5) is 0 Å². The molecule has 1 heterocycles. The average Bonchev–Trinajstić information content (AvgIpc) is 2.81. The number of benzene rings is 1. The number of hydrogen-bond acceptors (Lipinski definition) is 3. The van der Waals surface area contributed by atoms with Crippen molar-refractivity contribution >= 4 is 11.9 Å². The quantitative estimate of drug-likeness (QED) is 0.610. The van der Waals surface area contributed by atoms with Crippen LogP contribution < -0.4 is 4.74 Å². The number of carbonyl (C=O) groups excluding carboxylic acids is 1. The van der Waals surface area contributed by atoms with Gasteiger partial charge >= 0.3 is 0 Å². The molecule has 0 aliphatic heterocycles. The molecule has 0 spiro atoms. The van der Waals surface area contributed by atoms with E-state index in [9.17, 15) is 4.79 Å². The second-order valence-corrected chi connectivity index (χ2v) is 3.81. The number of hydrogen-bond donors (Lipinski definition) is 0. The van der Waals surface area contributed by atoms with E-state index in [0.29, 0.717) is 11.3 Å². The van der Waals surface area contributed by atoms with Crippen LogP contribution in [-0.2, 0) is 7.05 Å². The molecule has 0 unspecified atom stereocenters. The first-order chi connectivity index (χ1) is 8.70. The summed E-state index contributed by atoms with van der Waals surface area (Å²) in [6, 6.07) is 8.93. The Kier molecular flexibility index (Phi) is 3.57. The fourth-order valence-corrected chi connectivity index (χ4v) is 1.58. The van der Waals surface area contributed by atoms with Gasteiger partial charge < -0.3 is 4.74 Å². The summed E-state index contributed by atoms with van der Waals surface area (Å²) >= 11 is 0. The van der Waals surface area contributed by atoms with Crippen LogP contribution in [0, 0.1) is 0 Å². The number of rotatable bonds is 4. The van der Waals surface area contributed by atoms with E-state index in [1.165, 1.54) is 6.08 Å². The standard InChI is InChI=1S/C14H14N2O2/c1-16-12(8-9-15-16)6-7-14(17)11-4-3-5-13(10-11)18-2/h3-10H,1-2H3/b7-6+. The summed E-state index contributed by atoms with van der Waals surface area (Å²) in [4.78, 5) is 11.9. The zero-order chi connectivity index (χ0) is 13.0. The first kappa shape index (κ1) is 12.1. The predicted molar refractivity (Wildman–Crippen MR) is 69.6 cm³/mol. The molecule has 0 bridgehead atoms. The Hall–Kier alpha value is -2.36. The smallest absolute Gasteiger partial charge is 0.186 e. The zero-order valence-electron chi connectivity index (χ0n) is 10.3. The minimum Gasteiger partial charge on any atom is -0.497 e. The molecule has 4 heteroatoms. The summed E-state index contributed by atoms with van der Waals surface area (Å²) in [5, 5.41) is 4.03. The van der Waals surface area contributed by atoms with Crippen molar-refractivity contribution in [3.8, 4) is 5.75 Å². The van der Waals surface area contributed by atoms with Crippen molar-refractivity contribution in [2.24, 2.45) is 7.05 Å². The highest BCUT2D eigenvalue weighted by molar-refractivity contribution is 6.06. The van der Waals surface area contributed by atoms with Crippen LogP contribution in [0.15, 0.2) is 42.6 Å². The molecule has 92 valence electrons. The first-order valence-corrected chi connectivity index (χ1v) is 5.55. The van der Waals surface area contributed by atoms with E-state index in [2.05, 4.69) is 5.10 Å². The summed E-state index contributed by atoms with van der Waals surface area (Å²) < 4.78 is 6.79. The van der Waals surface area contributed by atoms with Crippen molar-refractivity contribution in [2.45, 2.75) is 0 Å². The molecule has 2 aromatic rings. The minimum absolute atomic E-state index is 0.0601. The lowest BCUT2D eigenvalue weighted by Gasteiger charge is -2.01. The lowest BCUT2D eigenvalue weighted by molar-refractivity contribution is 0.104. The van der Waals surface area contributed by atoms with Gasteiger partial charge in [-0.25, -0.2) is 0 Å². The Balaban J connectivity index is 2.17. The van der Waals surface area contributed by atoms with E-state index < -0.39 is 0 Å². The summed E-state index contributed by atoms with van der Waals surface area (Å²) in [5.74, 6) is 0.616. The van der Waals surface area contributed by atoms with Gasteiger partial charge in [0.25, 0.3) is 0 Å². The largest absolute Gasteiger partial charge is 0.497 e. The first-order valence-electron chi connectivity index (χ1n) is 5.55. The Morgan fingerprint density at radius 1 is 1.39 bits per heavy atom. The Morgan fingerprint density at radius 2 is 2.22 bits per heavy atom. The molecule has 0 fully saturated rings. The summed E-state index contributed by atoms with van der Waals surface area (Å²) in [6.45, 7) is 0. The third-order valence-corrected chi connectivity index (χ3v) is 2.62. The summed E-state index contributed by atoms with van der Waals surface area (Å²) in [7, 11) is 3.41. The number of ketones is 1. The van der Waals surface area contributed by atoms with E-state index >= 15 is 0 Å². The van der Waals surface area contributed by atoms with Gasteiger partial charge in [-0.3, -0.25) is 9.48 Å². The highest BCUT2D eigenvalue weighted by Crippen LogP contribution is 2.13. The van der Waals surface area contributed by atoms with Crippen LogP contribution in [0.1, 0.15) is 16.1 Å². The minimum atomic E-state index is -0.0601. The molecular weight excluding hydrogens is 228 g/mol. The molecule has 0 saturated carbocycles. The molecule has 1 aromatic carbocycles. The number of carbonyl (C=O) groups is 1. The van der Waals surface area contributed by atoms with Gasteiger partial charge in [0.05, 0.1) is 12.8 Å². The number of ether oxygens (including phenoxy) is 1. The van der Waals surface area contributed by atoms with Crippen LogP contribution in [-0.4, -0.2) is 22.7 Å². The number of aromatic nitrogens is 2.